The average molecular weight is 248 g/mol. The van der Waals surface area contributed by atoms with Crippen LogP contribution in [-0.2, 0) is 9.59 Å². The maximum absolute atomic E-state index is 11.3. The van der Waals surface area contributed by atoms with Crippen molar-refractivity contribution in [1.29, 1.82) is 0 Å². The first-order valence-electron chi connectivity index (χ1n) is 5.87. The predicted molar refractivity (Wildman–Crippen MR) is 68.8 cm³/mol. The maximum atomic E-state index is 11.3. The molecule has 1 heterocycles. The van der Waals surface area contributed by atoms with E-state index >= 15 is 0 Å². The molecule has 96 valence electrons. The van der Waals surface area contributed by atoms with Crippen LogP contribution in [0.25, 0.3) is 0 Å². The Morgan fingerprint density at radius 1 is 1.06 bits per heavy atom. The van der Waals surface area contributed by atoms with Crippen LogP contribution in [-0.4, -0.2) is 24.9 Å². The van der Waals surface area contributed by atoms with Gasteiger partial charge in [0.15, 0.2) is 0 Å². The number of carbonyl (C=O) groups excluding carboxylic acids is 2. The Hall–Kier alpha value is -2.08. The van der Waals surface area contributed by atoms with Gasteiger partial charge in [0.2, 0.25) is 0 Å². The fourth-order valence-electron chi connectivity index (χ4n) is 1.98. The summed E-state index contributed by atoms with van der Waals surface area (Å²) in [6.45, 7) is 2.14. The lowest BCUT2D eigenvalue weighted by molar-refractivity contribution is -0.136. The number of amides is 2. The number of carbonyl (C=O) groups is 2. The first-order chi connectivity index (χ1) is 8.70. The summed E-state index contributed by atoms with van der Waals surface area (Å²) in [5.41, 5.74) is 3.49. The summed E-state index contributed by atoms with van der Waals surface area (Å²) < 4.78 is 0. The smallest absolute Gasteiger partial charge is 0.323 e. The van der Waals surface area contributed by atoms with Crippen molar-refractivity contribution in [3.05, 3.63) is 24.3 Å². The molecule has 2 amide bonds. The lowest BCUT2D eigenvalue weighted by Gasteiger charge is -2.17. The van der Waals surface area contributed by atoms with E-state index in [1.165, 1.54) is 12.8 Å². The number of nitrogens with zero attached hydrogens (tertiary/aromatic N) is 1. The number of hydrogen-bond donors (Lipinski definition) is 3. The van der Waals surface area contributed by atoms with Gasteiger partial charge in [-0.3, -0.25) is 15.0 Å². The maximum Gasteiger partial charge on any atom is 0.323 e. The number of hydrogen-bond acceptors (Lipinski definition) is 4. The second-order valence-electron chi connectivity index (χ2n) is 4.17. The molecule has 0 unspecified atom stereocenters. The van der Waals surface area contributed by atoms with Crippen LogP contribution in [0, 0.1) is 0 Å². The van der Waals surface area contributed by atoms with Crippen molar-refractivity contribution in [2.75, 3.05) is 23.3 Å². The van der Waals surface area contributed by atoms with Gasteiger partial charge in [0.05, 0.1) is 0 Å². The standard InChI is InChI=1S/C12H16N4O2/c13-15-12(18)11(17)14-9-3-5-10(6-4-9)16-7-1-2-8-16/h3-6H,1-2,7-8,13H2,(H,14,17)(H,15,18). The molecule has 0 bridgehead atoms. The zero-order valence-corrected chi connectivity index (χ0v) is 9.98. The summed E-state index contributed by atoms with van der Waals surface area (Å²) in [4.78, 5) is 24.5. The number of benzene rings is 1. The highest BCUT2D eigenvalue weighted by Gasteiger charge is 2.13. The molecule has 6 nitrogen and oxygen atoms in total. The number of hydrazine groups is 1. The third kappa shape index (κ3) is 2.78. The Labute approximate surface area is 105 Å². The highest BCUT2D eigenvalue weighted by Crippen LogP contribution is 2.21. The van der Waals surface area contributed by atoms with E-state index in [9.17, 15) is 9.59 Å². The van der Waals surface area contributed by atoms with Crippen molar-refractivity contribution in [3.63, 3.8) is 0 Å². The Morgan fingerprint density at radius 2 is 1.67 bits per heavy atom. The molecule has 0 atom stereocenters. The van der Waals surface area contributed by atoms with Crippen molar-refractivity contribution in [3.8, 4) is 0 Å². The minimum absolute atomic E-state index is 0.576. The molecule has 1 aromatic rings. The van der Waals surface area contributed by atoms with Crippen LogP contribution in [0.1, 0.15) is 12.8 Å². The van der Waals surface area contributed by atoms with Gasteiger partial charge in [-0.15, -0.1) is 0 Å². The summed E-state index contributed by atoms with van der Waals surface area (Å²) in [5.74, 6) is 3.23. The predicted octanol–water partition coefficient (Wildman–Crippen LogP) is 0.215. The Balaban J connectivity index is 1.99. The Bertz CT molecular complexity index is 438. The van der Waals surface area contributed by atoms with E-state index in [0.717, 1.165) is 18.8 Å². The van der Waals surface area contributed by atoms with Gasteiger partial charge in [0.25, 0.3) is 0 Å². The molecule has 1 saturated heterocycles. The molecule has 1 fully saturated rings. The number of nitrogens with one attached hydrogen (secondary N) is 2. The van der Waals surface area contributed by atoms with Gasteiger partial charge in [0.1, 0.15) is 0 Å². The minimum Gasteiger partial charge on any atom is -0.372 e. The van der Waals surface area contributed by atoms with E-state index in [1.807, 2.05) is 12.1 Å². The molecule has 0 radical (unpaired) electrons. The van der Waals surface area contributed by atoms with Gasteiger partial charge < -0.3 is 10.2 Å². The minimum atomic E-state index is -0.862. The molecule has 0 spiro atoms. The monoisotopic (exact) mass is 248 g/mol. The van der Waals surface area contributed by atoms with Crippen LogP contribution in [0.5, 0.6) is 0 Å². The summed E-state index contributed by atoms with van der Waals surface area (Å²) in [6.07, 6.45) is 2.43. The topological polar surface area (TPSA) is 87.5 Å². The summed E-state index contributed by atoms with van der Waals surface area (Å²) in [6, 6.07) is 7.41. The fourth-order valence-corrected chi connectivity index (χ4v) is 1.98. The van der Waals surface area contributed by atoms with Crippen LogP contribution >= 0.6 is 0 Å². The Kier molecular flexibility index (Phi) is 3.78. The summed E-state index contributed by atoms with van der Waals surface area (Å²) in [5, 5.41) is 2.46. The van der Waals surface area contributed by atoms with Crippen LogP contribution in [0.15, 0.2) is 24.3 Å². The molecular formula is C12H16N4O2. The highest BCUT2D eigenvalue weighted by molar-refractivity contribution is 6.39. The first kappa shape index (κ1) is 12.4. The number of anilines is 2. The molecule has 1 aliphatic rings. The van der Waals surface area contributed by atoms with E-state index in [2.05, 4.69) is 10.2 Å². The van der Waals surface area contributed by atoms with E-state index in [1.54, 1.807) is 17.6 Å². The van der Waals surface area contributed by atoms with Crippen LogP contribution in [0.3, 0.4) is 0 Å². The van der Waals surface area contributed by atoms with Gasteiger partial charge in [-0.25, -0.2) is 5.84 Å². The molecule has 1 aromatic carbocycles. The largest absolute Gasteiger partial charge is 0.372 e. The third-order valence-electron chi connectivity index (χ3n) is 2.93. The lowest BCUT2D eigenvalue weighted by atomic mass is 10.2. The van der Waals surface area contributed by atoms with Crippen LogP contribution in [0.4, 0.5) is 11.4 Å². The molecule has 0 saturated carbocycles. The number of nitrogens with two attached hydrogens (primary N) is 1. The normalized spacial score (nSPS) is 14.4. The second-order valence-corrected chi connectivity index (χ2v) is 4.17. The van der Waals surface area contributed by atoms with Gasteiger partial charge in [-0.2, -0.15) is 0 Å². The van der Waals surface area contributed by atoms with Crippen LogP contribution in [0.2, 0.25) is 0 Å². The van der Waals surface area contributed by atoms with Crippen molar-refractivity contribution in [1.82, 2.24) is 5.43 Å². The first-order valence-corrected chi connectivity index (χ1v) is 5.87. The average Bonchev–Trinajstić information content (AvgIpc) is 2.92. The van der Waals surface area contributed by atoms with Crippen molar-refractivity contribution in [2.45, 2.75) is 12.8 Å². The third-order valence-corrected chi connectivity index (χ3v) is 2.93. The number of rotatable bonds is 2. The van der Waals surface area contributed by atoms with Gasteiger partial charge in [-0.05, 0) is 37.1 Å². The van der Waals surface area contributed by atoms with E-state index in [-0.39, 0.29) is 0 Å². The molecule has 0 aromatic heterocycles. The molecule has 4 N–H and O–H groups in total. The fraction of sp³-hybridized carbons (Fsp3) is 0.333. The molecule has 6 heteroatoms. The van der Waals surface area contributed by atoms with Crippen LogP contribution < -0.4 is 21.5 Å². The van der Waals surface area contributed by atoms with E-state index in [0.29, 0.717) is 5.69 Å². The quantitative estimate of drug-likeness (QED) is 0.302. The van der Waals surface area contributed by atoms with Crippen molar-refractivity contribution >= 4 is 23.2 Å². The van der Waals surface area contributed by atoms with Gasteiger partial charge in [0, 0.05) is 24.5 Å². The molecular weight excluding hydrogens is 232 g/mol. The Morgan fingerprint density at radius 3 is 2.22 bits per heavy atom. The second kappa shape index (κ2) is 5.50. The van der Waals surface area contributed by atoms with E-state index < -0.39 is 11.8 Å². The summed E-state index contributed by atoms with van der Waals surface area (Å²) >= 11 is 0. The molecule has 0 aliphatic carbocycles. The lowest BCUT2D eigenvalue weighted by Crippen LogP contribution is -2.39. The molecule has 2 rings (SSSR count). The molecule has 18 heavy (non-hydrogen) atoms. The van der Waals surface area contributed by atoms with Crippen molar-refractivity contribution in [2.24, 2.45) is 5.84 Å². The SMILES string of the molecule is NNC(=O)C(=O)Nc1ccc(N2CCCC2)cc1. The zero-order valence-electron chi connectivity index (χ0n) is 9.98. The highest BCUT2D eigenvalue weighted by atomic mass is 16.2. The van der Waals surface area contributed by atoms with Crippen molar-refractivity contribution < 1.29 is 9.59 Å². The van der Waals surface area contributed by atoms with E-state index in [4.69, 9.17) is 5.84 Å². The summed E-state index contributed by atoms with van der Waals surface area (Å²) in [7, 11) is 0. The zero-order chi connectivity index (χ0) is 13.0. The van der Waals surface area contributed by atoms with Gasteiger partial charge in [-0.1, -0.05) is 0 Å². The van der Waals surface area contributed by atoms with Gasteiger partial charge >= 0.3 is 11.8 Å². The molecule has 1 aliphatic heterocycles.